The van der Waals surface area contributed by atoms with E-state index in [2.05, 4.69) is 4.90 Å². The minimum Gasteiger partial charge on any atom is -0.457 e. The molecule has 4 rings (SSSR count). The van der Waals surface area contributed by atoms with Crippen LogP contribution in [0.2, 0.25) is 0 Å². The molecule has 2 aromatic rings. The maximum absolute atomic E-state index is 12.6. The molecule has 2 heterocycles. The number of benzene rings is 2. The van der Waals surface area contributed by atoms with Crippen LogP contribution in [0.15, 0.2) is 60.7 Å². The van der Waals surface area contributed by atoms with Crippen molar-refractivity contribution in [1.82, 2.24) is 14.7 Å². The molecule has 2 aliphatic heterocycles. The number of carbonyl (C=O) groups is 2. The lowest BCUT2D eigenvalue weighted by atomic mass is 10.2. The van der Waals surface area contributed by atoms with Gasteiger partial charge >= 0.3 is 0 Å². The fourth-order valence-corrected chi connectivity index (χ4v) is 3.96. The van der Waals surface area contributed by atoms with Gasteiger partial charge in [0.2, 0.25) is 11.8 Å². The van der Waals surface area contributed by atoms with E-state index in [0.717, 1.165) is 56.1 Å². The van der Waals surface area contributed by atoms with Gasteiger partial charge in [0.1, 0.15) is 11.5 Å². The van der Waals surface area contributed by atoms with E-state index in [9.17, 15) is 9.59 Å². The molecule has 0 N–H and O–H groups in total. The molecule has 6 heteroatoms. The highest BCUT2D eigenvalue weighted by Gasteiger charge is 2.24. The molecule has 2 fully saturated rings. The van der Waals surface area contributed by atoms with Gasteiger partial charge in [-0.2, -0.15) is 0 Å². The van der Waals surface area contributed by atoms with E-state index in [-0.39, 0.29) is 11.8 Å². The zero-order valence-corrected chi connectivity index (χ0v) is 17.8. The van der Waals surface area contributed by atoms with Crippen LogP contribution in [0.4, 0.5) is 0 Å². The quantitative estimate of drug-likeness (QED) is 0.675. The summed E-state index contributed by atoms with van der Waals surface area (Å²) >= 11 is 0. The summed E-state index contributed by atoms with van der Waals surface area (Å²) in [6.45, 7) is 5.01. The molecule has 0 bridgehead atoms. The molecule has 2 amide bonds. The van der Waals surface area contributed by atoms with E-state index in [1.54, 1.807) is 6.08 Å². The standard InChI is InChI=1S/C25H29N3O3/c29-24(28-17-15-26(16-18-28)20-25(30)27-13-4-5-14-27)12-11-21-7-6-10-23(19-21)31-22-8-2-1-3-9-22/h1-3,6-12,19H,4-5,13-18,20H2. The number of amides is 2. The van der Waals surface area contributed by atoms with Gasteiger partial charge in [0.15, 0.2) is 0 Å². The van der Waals surface area contributed by atoms with Gasteiger partial charge in [-0.25, -0.2) is 0 Å². The minimum absolute atomic E-state index is 0.0000924. The van der Waals surface area contributed by atoms with E-state index in [0.29, 0.717) is 19.6 Å². The highest BCUT2D eigenvalue weighted by molar-refractivity contribution is 5.92. The Morgan fingerprint density at radius 3 is 2.26 bits per heavy atom. The third-order valence-corrected chi connectivity index (χ3v) is 5.76. The number of nitrogens with zero attached hydrogens (tertiary/aromatic N) is 3. The number of hydrogen-bond acceptors (Lipinski definition) is 4. The van der Waals surface area contributed by atoms with Gasteiger partial charge < -0.3 is 14.5 Å². The van der Waals surface area contributed by atoms with Gasteiger partial charge in [-0.1, -0.05) is 30.3 Å². The van der Waals surface area contributed by atoms with Crippen molar-refractivity contribution < 1.29 is 14.3 Å². The Labute approximate surface area is 183 Å². The third kappa shape index (κ3) is 5.95. The van der Waals surface area contributed by atoms with Crippen LogP contribution < -0.4 is 4.74 Å². The molecule has 162 valence electrons. The lowest BCUT2D eigenvalue weighted by Crippen LogP contribution is -2.51. The summed E-state index contributed by atoms with van der Waals surface area (Å²) in [6, 6.07) is 17.3. The number of carbonyl (C=O) groups excluding carboxylic acids is 2. The van der Waals surface area contributed by atoms with Crippen molar-refractivity contribution in [2.45, 2.75) is 12.8 Å². The number of likely N-dealkylation sites (tertiary alicyclic amines) is 1. The number of rotatable bonds is 6. The van der Waals surface area contributed by atoms with E-state index < -0.39 is 0 Å². The molecule has 0 spiro atoms. The summed E-state index contributed by atoms with van der Waals surface area (Å²) in [6.07, 6.45) is 5.67. The molecule has 0 saturated carbocycles. The smallest absolute Gasteiger partial charge is 0.246 e. The van der Waals surface area contributed by atoms with Crippen molar-refractivity contribution in [2.24, 2.45) is 0 Å². The molecular formula is C25H29N3O3. The van der Waals surface area contributed by atoms with Crippen LogP contribution in [-0.4, -0.2) is 72.3 Å². The van der Waals surface area contributed by atoms with Crippen LogP contribution in [0.5, 0.6) is 11.5 Å². The molecule has 0 aliphatic carbocycles. The average Bonchev–Trinajstić information content (AvgIpc) is 3.34. The predicted octanol–water partition coefficient (Wildman–Crippen LogP) is 3.26. The largest absolute Gasteiger partial charge is 0.457 e. The maximum atomic E-state index is 12.6. The Morgan fingerprint density at radius 2 is 1.52 bits per heavy atom. The highest BCUT2D eigenvalue weighted by Crippen LogP contribution is 2.22. The molecule has 6 nitrogen and oxygen atoms in total. The van der Waals surface area contributed by atoms with Gasteiger partial charge in [-0.3, -0.25) is 14.5 Å². The number of hydrogen-bond donors (Lipinski definition) is 0. The molecule has 31 heavy (non-hydrogen) atoms. The summed E-state index contributed by atoms with van der Waals surface area (Å²) < 4.78 is 5.86. The molecule has 2 aliphatic rings. The van der Waals surface area contributed by atoms with Gasteiger partial charge in [0.25, 0.3) is 0 Å². The summed E-state index contributed by atoms with van der Waals surface area (Å²) in [4.78, 5) is 30.9. The Morgan fingerprint density at radius 1 is 0.806 bits per heavy atom. The van der Waals surface area contributed by atoms with Crippen LogP contribution in [0.25, 0.3) is 6.08 Å². The molecular weight excluding hydrogens is 390 g/mol. The number of piperazine rings is 1. The molecule has 0 radical (unpaired) electrons. The lowest BCUT2D eigenvalue weighted by Gasteiger charge is -2.34. The maximum Gasteiger partial charge on any atom is 0.246 e. The first-order chi connectivity index (χ1) is 15.2. The first kappa shape index (κ1) is 21.1. The van der Waals surface area contributed by atoms with Gasteiger partial charge in [-0.05, 0) is 48.7 Å². The van der Waals surface area contributed by atoms with Crippen molar-refractivity contribution in [1.29, 1.82) is 0 Å². The summed E-state index contributed by atoms with van der Waals surface area (Å²) in [5.74, 6) is 1.73. The van der Waals surface area contributed by atoms with Crippen molar-refractivity contribution in [3.8, 4) is 11.5 Å². The lowest BCUT2D eigenvalue weighted by molar-refractivity contribution is -0.132. The monoisotopic (exact) mass is 419 g/mol. The van der Waals surface area contributed by atoms with Crippen LogP contribution in [0.1, 0.15) is 18.4 Å². The SMILES string of the molecule is O=C(C=Cc1cccc(Oc2ccccc2)c1)N1CCN(CC(=O)N2CCCC2)CC1. The normalized spacial score (nSPS) is 17.3. The predicted molar refractivity (Wildman–Crippen MR) is 121 cm³/mol. The van der Waals surface area contributed by atoms with Gasteiger partial charge in [0.05, 0.1) is 6.54 Å². The first-order valence-electron chi connectivity index (χ1n) is 11.0. The van der Waals surface area contributed by atoms with Gasteiger partial charge in [0, 0.05) is 45.3 Å². The minimum atomic E-state index is -0.0000924. The Bertz CT molecular complexity index is 915. The topological polar surface area (TPSA) is 53.1 Å². The Kier molecular flexibility index (Phi) is 6.99. The first-order valence-corrected chi connectivity index (χ1v) is 11.0. The second-order valence-corrected chi connectivity index (χ2v) is 8.01. The van der Waals surface area contributed by atoms with E-state index in [1.165, 1.54) is 0 Å². The second-order valence-electron chi connectivity index (χ2n) is 8.01. The van der Waals surface area contributed by atoms with Gasteiger partial charge in [-0.15, -0.1) is 0 Å². The van der Waals surface area contributed by atoms with Crippen molar-refractivity contribution in [3.05, 3.63) is 66.2 Å². The van der Waals surface area contributed by atoms with Crippen LogP contribution in [0, 0.1) is 0 Å². The zero-order chi connectivity index (χ0) is 21.5. The number of para-hydroxylation sites is 1. The van der Waals surface area contributed by atoms with E-state index >= 15 is 0 Å². The zero-order valence-electron chi connectivity index (χ0n) is 17.8. The van der Waals surface area contributed by atoms with Crippen LogP contribution >= 0.6 is 0 Å². The fraction of sp³-hybridized carbons (Fsp3) is 0.360. The molecule has 2 saturated heterocycles. The van der Waals surface area contributed by atoms with Crippen LogP contribution in [-0.2, 0) is 9.59 Å². The number of ether oxygens (including phenoxy) is 1. The van der Waals surface area contributed by atoms with Crippen molar-refractivity contribution in [2.75, 3.05) is 45.8 Å². The van der Waals surface area contributed by atoms with Crippen molar-refractivity contribution in [3.63, 3.8) is 0 Å². The Hall–Kier alpha value is -3.12. The molecule has 0 unspecified atom stereocenters. The average molecular weight is 420 g/mol. The molecule has 0 atom stereocenters. The summed E-state index contributed by atoms with van der Waals surface area (Å²) in [5, 5.41) is 0. The second kappa shape index (κ2) is 10.3. The molecule has 2 aromatic carbocycles. The van der Waals surface area contributed by atoms with Crippen molar-refractivity contribution >= 4 is 17.9 Å². The summed E-state index contributed by atoms with van der Waals surface area (Å²) in [5.41, 5.74) is 0.914. The van der Waals surface area contributed by atoms with E-state index in [4.69, 9.17) is 4.74 Å². The highest BCUT2D eigenvalue weighted by atomic mass is 16.5. The fourth-order valence-electron chi connectivity index (χ4n) is 3.96. The summed E-state index contributed by atoms with van der Waals surface area (Å²) in [7, 11) is 0. The molecule has 0 aromatic heterocycles. The van der Waals surface area contributed by atoms with E-state index in [1.807, 2.05) is 70.5 Å². The Balaban J connectivity index is 1.26. The van der Waals surface area contributed by atoms with Crippen LogP contribution in [0.3, 0.4) is 0 Å². The third-order valence-electron chi connectivity index (χ3n) is 5.76.